The molecule has 0 spiro atoms. The van der Waals surface area contributed by atoms with Crippen molar-refractivity contribution in [2.45, 2.75) is 185 Å². The minimum absolute atomic E-state index is 0.0888. The summed E-state index contributed by atoms with van der Waals surface area (Å²) in [5.41, 5.74) is 2.20. The Morgan fingerprint density at radius 3 is 2.08 bits per heavy atom. The Bertz CT molecular complexity index is 1130. The number of cyclic esters (lactones) is 1. The maximum absolute atomic E-state index is 14.1. The maximum atomic E-state index is 14.1. The summed E-state index contributed by atoms with van der Waals surface area (Å²) in [6, 6.07) is -0.983. The Kier molecular flexibility index (Phi) is 15.0. The van der Waals surface area contributed by atoms with Crippen LogP contribution in [0.3, 0.4) is 0 Å². The Labute approximate surface area is 305 Å². The fourth-order valence-corrected chi connectivity index (χ4v) is 8.63. The van der Waals surface area contributed by atoms with Crippen LogP contribution in [0.5, 0.6) is 0 Å². The molecule has 7 N–H and O–H groups in total. The van der Waals surface area contributed by atoms with E-state index in [1.54, 1.807) is 48.5 Å². The van der Waals surface area contributed by atoms with E-state index in [4.69, 9.17) is 34.2 Å². The molecule has 3 aliphatic rings. The van der Waals surface area contributed by atoms with Crippen LogP contribution in [-0.2, 0) is 33.2 Å². The number of hydrogen-bond acceptors (Lipinski definition) is 14. The second-order valence-electron chi connectivity index (χ2n) is 16.8. The van der Waals surface area contributed by atoms with Gasteiger partial charge in [-0.2, -0.15) is 0 Å². The van der Waals surface area contributed by atoms with E-state index in [-0.39, 0.29) is 31.4 Å². The van der Waals surface area contributed by atoms with Gasteiger partial charge in [0.2, 0.25) is 0 Å². The monoisotopic (exact) mass is 734 g/mol. The number of aliphatic hydroxyl groups excluding tert-OH is 3. The molecule has 3 heterocycles. The van der Waals surface area contributed by atoms with E-state index in [0.717, 1.165) is 0 Å². The molecule has 0 radical (unpaired) electrons. The number of methoxy groups -OCH3 is 1. The lowest BCUT2D eigenvalue weighted by Gasteiger charge is -2.49. The third kappa shape index (κ3) is 9.63. The molecule has 0 amide bonds. The number of likely N-dealkylation sites (N-methyl/N-ethyl adjacent to an activating group) is 1. The lowest BCUT2D eigenvalue weighted by molar-refractivity contribution is -0.318. The Morgan fingerprint density at radius 2 is 1.53 bits per heavy atom. The average molecular weight is 735 g/mol. The Morgan fingerprint density at radius 1 is 0.922 bits per heavy atom. The SMILES string of the molecule is CC[C@@H]1OC(=O)[C@H](C)[C@H](O[C@@H]2C[C@](C)(OC)[C@H](O)[C@H](C)O2)[C@H](C)[C@H](O[C@@H]2O[C@H](C)C[C@H](N(C)C)[C@@H]2O)[C@](C)(O)C[C@H](C)[C@H](N)[C@H](C)[C@@H](O)[C@@]1(C)O. The highest BCUT2D eigenvalue weighted by Crippen LogP contribution is 2.41. The van der Waals surface area contributed by atoms with Crippen molar-refractivity contribution in [2.75, 3.05) is 21.2 Å². The van der Waals surface area contributed by atoms with Crippen molar-refractivity contribution in [1.29, 1.82) is 0 Å². The molecule has 0 aromatic rings. The van der Waals surface area contributed by atoms with E-state index >= 15 is 0 Å². The predicted molar refractivity (Wildman–Crippen MR) is 189 cm³/mol. The second kappa shape index (κ2) is 17.2. The highest BCUT2D eigenvalue weighted by Gasteiger charge is 2.53. The Hall–Kier alpha value is -1.01. The molecule has 0 aromatic carbocycles. The molecule has 3 saturated heterocycles. The first-order valence-corrected chi connectivity index (χ1v) is 18.7. The van der Waals surface area contributed by atoms with Gasteiger partial charge in [0, 0.05) is 37.5 Å². The molecule has 3 fully saturated rings. The third-order valence-electron chi connectivity index (χ3n) is 12.2. The van der Waals surface area contributed by atoms with Gasteiger partial charge in [-0.1, -0.05) is 27.7 Å². The minimum Gasteiger partial charge on any atom is -0.459 e. The lowest BCUT2D eigenvalue weighted by atomic mass is 9.72. The number of nitrogens with two attached hydrogens (primary N) is 1. The largest absolute Gasteiger partial charge is 0.459 e. The van der Waals surface area contributed by atoms with Crippen LogP contribution in [0.4, 0.5) is 0 Å². The van der Waals surface area contributed by atoms with Gasteiger partial charge in [-0.25, -0.2) is 0 Å². The van der Waals surface area contributed by atoms with Crippen molar-refractivity contribution in [3.63, 3.8) is 0 Å². The van der Waals surface area contributed by atoms with Gasteiger partial charge in [0.25, 0.3) is 0 Å². The summed E-state index contributed by atoms with van der Waals surface area (Å²) in [5.74, 6) is -3.57. The van der Waals surface area contributed by atoms with Crippen molar-refractivity contribution in [1.82, 2.24) is 4.90 Å². The number of rotatable bonds is 7. The first-order valence-electron chi connectivity index (χ1n) is 18.7. The zero-order valence-electron chi connectivity index (χ0n) is 33.2. The highest BCUT2D eigenvalue weighted by molar-refractivity contribution is 5.73. The van der Waals surface area contributed by atoms with Crippen LogP contribution in [0.15, 0.2) is 0 Å². The smallest absolute Gasteiger partial charge is 0.311 e. The van der Waals surface area contributed by atoms with Crippen LogP contribution in [0.1, 0.15) is 94.9 Å². The van der Waals surface area contributed by atoms with E-state index < -0.39 is 108 Å². The number of nitrogens with zero attached hydrogens (tertiary/aromatic N) is 1. The van der Waals surface area contributed by atoms with Crippen LogP contribution in [0.2, 0.25) is 0 Å². The summed E-state index contributed by atoms with van der Waals surface area (Å²) in [5, 5.41) is 58.0. The highest BCUT2D eigenvalue weighted by atomic mass is 16.7. The summed E-state index contributed by atoms with van der Waals surface area (Å²) < 4.78 is 37.3. The van der Waals surface area contributed by atoms with Crippen molar-refractivity contribution >= 4 is 5.97 Å². The van der Waals surface area contributed by atoms with Gasteiger partial charge >= 0.3 is 5.97 Å². The Balaban J connectivity index is 2.18. The fourth-order valence-electron chi connectivity index (χ4n) is 8.63. The summed E-state index contributed by atoms with van der Waals surface area (Å²) in [6.07, 6.45) is -8.68. The van der Waals surface area contributed by atoms with E-state index in [0.29, 0.717) is 6.42 Å². The topological polar surface area (TPSA) is 203 Å². The van der Waals surface area contributed by atoms with Crippen molar-refractivity contribution in [3.05, 3.63) is 0 Å². The van der Waals surface area contributed by atoms with Crippen molar-refractivity contribution in [3.8, 4) is 0 Å². The molecule has 14 heteroatoms. The molecular formula is C37H70N2O12. The van der Waals surface area contributed by atoms with Crippen LogP contribution >= 0.6 is 0 Å². The quantitative estimate of drug-likeness (QED) is 0.206. The zero-order valence-corrected chi connectivity index (χ0v) is 33.2. The predicted octanol–water partition coefficient (Wildman–Crippen LogP) is 1.54. The number of esters is 1. The molecular weight excluding hydrogens is 664 g/mol. The van der Waals surface area contributed by atoms with E-state index in [9.17, 15) is 30.3 Å². The van der Waals surface area contributed by atoms with Gasteiger partial charge in [-0.3, -0.25) is 4.79 Å². The lowest BCUT2D eigenvalue weighted by Crippen LogP contribution is -2.62. The summed E-state index contributed by atoms with van der Waals surface area (Å²) in [4.78, 5) is 16.0. The number of carbonyl (C=O) groups excluding carboxylic acids is 1. The molecule has 3 rings (SSSR count). The zero-order chi connectivity index (χ0) is 39.0. The first kappa shape index (κ1) is 44.4. The molecule has 0 saturated carbocycles. The minimum atomic E-state index is -1.85. The van der Waals surface area contributed by atoms with Gasteiger partial charge in [0.05, 0.1) is 47.6 Å². The van der Waals surface area contributed by atoms with Gasteiger partial charge in [0.1, 0.15) is 23.9 Å². The molecule has 14 nitrogen and oxygen atoms in total. The van der Waals surface area contributed by atoms with Crippen LogP contribution in [-0.4, -0.2) is 148 Å². The van der Waals surface area contributed by atoms with Gasteiger partial charge < -0.3 is 64.6 Å². The first-order chi connectivity index (χ1) is 23.4. The summed E-state index contributed by atoms with van der Waals surface area (Å²) in [6.45, 7) is 17.2. The van der Waals surface area contributed by atoms with E-state index in [2.05, 4.69) is 0 Å². The van der Waals surface area contributed by atoms with Gasteiger partial charge in [-0.05, 0) is 80.8 Å². The van der Waals surface area contributed by atoms with E-state index in [1.165, 1.54) is 14.0 Å². The maximum Gasteiger partial charge on any atom is 0.311 e. The number of ether oxygens (including phenoxy) is 6. The molecule has 0 aliphatic carbocycles. The van der Waals surface area contributed by atoms with Gasteiger partial charge in [-0.15, -0.1) is 0 Å². The molecule has 300 valence electrons. The molecule has 0 unspecified atom stereocenters. The normalized spacial score (nSPS) is 51.2. The molecule has 51 heavy (non-hydrogen) atoms. The van der Waals surface area contributed by atoms with Crippen LogP contribution in [0.25, 0.3) is 0 Å². The van der Waals surface area contributed by atoms with Crippen LogP contribution < -0.4 is 5.73 Å². The third-order valence-corrected chi connectivity index (χ3v) is 12.2. The summed E-state index contributed by atoms with van der Waals surface area (Å²) in [7, 11) is 5.24. The van der Waals surface area contributed by atoms with Crippen molar-refractivity contribution < 1.29 is 58.7 Å². The standard InChI is InChI=1S/C37H70N2O12/c1-14-25-37(10,45)30(41)20(4)27(38)18(2)16-35(8,44)32(51-34-28(40)24(39(11)12)15-19(3)47-34)21(5)29(22(6)33(43)49-25)50-26-17-36(9,46-13)31(42)23(7)48-26/h18-32,34,40-42,44-45H,14-17,38H2,1-13H3/t18-,19+,20-,21-,22+,23-,24-,25-,26+,27-,28-,29+,30+,31+,32-,34-,35+,36-,37-/m0/s1. The number of hydrogen-bond donors (Lipinski definition) is 6. The molecule has 19 atom stereocenters. The fraction of sp³-hybridized carbons (Fsp3) is 0.973. The molecule has 0 aromatic heterocycles. The number of carbonyl (C=O) groups is 1. The number of aliphatic hydroxyl groups is 5. The molecule has 3 aliphatic heterocycles. The van der Waals surface area contributed by atoms with E-state index in [1.807, 2.05) is 32.8 Å². The second-order valence-corrected chi connectivity index (χ2v) is 16.8. The average Bonchev–Trinajstić information content (AvgIpc) is 3.05. The van der Waals surface area contributed by atoms with Gasteiger partial charge in [0.15, 0.2) is 12.6 Å². The van der Waals surface area contributed by atoms with Crippen molar-refractivity contribution in [2.24, 2.45) is 29.4 Å². The molecule has 0 bridgehead atoms. The summed E-state index contributed by atoms with van der Waals surface area (Å²) >= 11 is 0. The van der Waals surface area contributed by atoms with Crippen LogP contribution in [0, 0.1) is 23.7 Å².